The summed E-state index contributed by atoms with van der Waals surface area (Å²) in [7, 11) is 2.29. The Morgan fingerprint density at radius 2 is 2.10 bits per heavy atom. The van der Waals surface area contributed by atoms with Gasteiger partial charge in [0.1, 0.15) is 5.56 Å². The summed E-state index contributed by atoms with van der Waals surface area (Å²) in [4.78, 5) is 15.2. The minimum absolute atomic E-state index is 0.0811. The van der Waals surface area contributed by atoms with Crippen molar-refractivity contribution in [1.29, 1.82) is 0 Å². The van der Waals surface area contributed by atoms with Crippen LogP contribution in [0.4, 0.5) is 13.2 Å². The minimum atomic E-state index is -4.61. The molecule has 0 saturated heterocycles. The van der Waals surface area contributed by atoms with Crippen LogP contribution in [-0.4, -0.2) is 25.2 Å². The number of pyridine rings is 1. The maximum atomic E-state index is 13.0. The summed E-state index contributed by atoms with van der Waals surface area (Å²) in [6, 6.07) is 0.893. The van der Waals surface area contributed by atoms with Gasteiger partial charge in [0, 0.05) is 6.20 Å². The van der Waals surface area contributed by atoms with E-state index in [1.165, 1.54) is 19.4 Å². The molecular formula is C14H10F3NO3. The van der Waals surface area contributed by atoms with Gasteiger partial charge in [-0.1, -0.05) is 11.5 Å². The molecule has 0 bridgehead atoms. The van der Waals surface area contributed by atoms with Crippen LogP contribution in [0, 0.1) is 0 Å². The standard InChI is InChI=1S/C14H10F3NO3/c1-20-12-11(14(15,16)17)6-8(7-18-12)9-4-3-5-10(9)13(19)21-2/h4,6-7,9H,1-2H3. The molecule has 2 rings (SSSR count). The van der Waals surface area contributed by atoms with Gasteiger partial charge >= 0.3 is 12.1 Å². The summed E-state index contributed by atoms with van der Waals surface area (Å²) in [6.07, 6.45) is -1.97. The van der Waals surface area contributed by atoms with Gasteiger partial charge in [-0.2, -0.15) is 13.2 Å². The molecule has 0 spiro atoms. The number of ether oxygens (including phenoxy) is 2. The zero-order chi connectivity index (χ0) is 15.6. The van der Waals surface area contributed by atoms with Crippen LogP contribution >= 0.6 is 0 Å². The molecule has 1 atom stereocenters. The quantitative estimate of drug-likeness (QED) is 0.635. The van der Waals surface area contributed by atoms with Gasteiger partial charge in [0.25, 0.3) is 0 Å². The molecular weight excluding hydrogens is 287 g/mol. The van der Waals surface area contributed by atoms with Gasteiger partial charge in [-0.05, 0) is 17.7 Å². The first-order chi connectivity index (χ1) is 9.88. The Morgan fingerprint density at radius 3 is 2.67 bits per heavy atom. The Labute approximate surface area is 118 Å². The second-order valence-corrected chi connectivity index (χ2v) is 4.14. The number of carbonyl (C=O) groups excluding carboxylic acids is 1. The summed E-state index contributed by atoms with van der Waals surface area (Å²) < 4.78 is 48.1. The molecule has 1 unspecified atom stereocenters. The Balaban J connectivity index is 2.46. The van der Waals surface area contributed by atoms with Crippen LogP contribution in [0.15, 0.2) is 35.4 Å². The lowest BCUT2D eigenvalue weighted by molar-refractivity contribution is -0.139. The van der Waals surface area contributed by atoms with E-state index in [1.807, 2.05) is 0 Å². The molecule has 1 aromatic rings. The fraction of sp³-hybridized carbons (Fsp3) is 0.286. The molecule has 1 aliphatic rings. The monoisotopic (exact) mass is 297 g/mol. The first kappa shape index (κ1) is 14.9. The Bertz CT molecular complexity index is 681. The van der Waals surface area contributed by atoms with Gasteiger partial charge in [0.05, 0.1) is 25.7 Å². The van der Waals surface area contributed by atoms with E-state index >= 15 is 0 Å². The van der Waals surface area contributed by atoms with Crippen molar-refractivity contribution in [2.45, 2.75) is 12.1 Å². The number of hydrogen-bond acceptors (Lipinski definition) is 4. The number of hydrogen-bond donors (Lipinski definition) is 0. The molecule has 0 radical (unpaired) electrons. The van der Waals surface area contributed by atoms with Crippen molar-refractivity contribution < 1.29 is 27.4 Å². The van der Waals surface area contributed by atoms with Crippen LogP contribution in [0.1, 0.15) is 17.0 Å². The van der Waals surface area contributed by atoms with Crippen molar-refractivity contribution in [2.75, 3.05) is 14.2 Å². The SMILES string of the molecule is COC(=O)C1=C=C=CC1c1cnc(OC)c(C(F)(F)F)c1. The fourth-order valence-electron chi connectivity index (χ4n) is 1.92. The third kappa shape index (κ3) is 2.84. The van der Waals surface area contributed by atoms with Gasteiger partial charge in [-0.3, -0.25) is 0 Å². The third-order valence-corrected chi connectivity index (χ3v) is 2.90. The fourth-order valence-corrected chi connectivity index (χ4v) is 1.92. The number of allylic oxidation sites excluding steroid dienone is 1. The van der Waals surface area contributed by atoms with Crippen LogP contribution in [0.5, 0.6) is 5.88 Å². The van der Waals surface area contributed by atoms with Crippen LogP contribution < -0.4 is 4.74 Å². The maximum Gasteiger partial charge on any atom is 0.421 e. The Morgan fingerprint density at radius 1 is 1.38 bits per heavy atom. The Kier molecular flexibility index (Phi) is 3.89. The molecule has 7 heteroatoms. The van der Waals surface area contributed by atoms with Crippen LogP contribution in [-0.2, 0) is 15.7 Å². The average molecular weight is 297 g/mol. The number of aromatic nitrogens is 1. The maximum absolute atomic E-state index is 13.0. The van der Waals surface area contributed by atoms with Gasteiger partial charge in [-0.15, -0.1) is 0 Å². The van der Waals surface area contributed by atoms with Crippen LogP contribution in [0.25, 0.3) is 0 Å². The number of methoxy groups -OCH3 is 2. The molecule has 0 fully saturated rings. The van der Waals surface area contributed by atoms with Crippen LogP contribution in [0.3, 0.4) is 0 Å². The summed E-state index contributed by atoms with van der Waals surface area (Å²) in [5, 5.41) is 0. The third-order valence-electron chi connectivity index (χ3n) is 2.90. The van der Waals surface area contributed by atoms with Crippen molar-refractivity contribution in [1.82, 2.24) is 4.98 Å². The molecule has 0 aliphatic heterocycles. The summed E-state index contributed by atoms with van der Waals surface area (Å²) in [5.41, 5.74) is 4.36. The molecule has 1 heterocycles. The highest BCUT2D eigenvalue weighted by Gasteiger charge is 2.36. The first-order valence-electron chi connectivity index (χ1n) is 5.79. The molecule has 4 nitrogen and oxygen atoms in total. The van der Waals surface area contributed by atoms with Crippen molar-refractivity contribution in [3.05, 3.63) is 46.5 Å². The summed E-state index contributed by atoms with van der Waals surface area (Å²) in [5.74, 6) is -1.92. The molecule has 21 heavy (non-hydrogen) atoms. The molecule has 110 valence electrons. The first-order valence-corrected chi connectivity index (χ1v) is 5.79. The van der Waals surface area contributed by atoms with E-state index in [2.05, 4.69) is 25.9 Å². The average Bonchev–Trinajstić information content (AvgIpc) is 2.94. The predicted molar refractivity (Wildman–Crippen MR) is 65.7 cm³/mol. The minimum Gasteiger partial charge on any atom is -0.481 e. The van der Waals surface area contributed by atoms with Crippen molar-refractivity contribution in [3.8, 4) is 5.88 Å². The summed E-state index contributed by atoms with van der Waals surface area (Å²) in [6.45, 7) is 0. The van der Waals surface area contributed by atoms with Crippen molar-refractivity contribution in [2.24, 2.45) is 0 Å². The van der Waals surface area contributed by atoms with Gasteiger partial charge < -0.3 is 9.47 Å². The second-order valence-electron chi connectivity index (χ2n) is 4.14. The van der Waals surface area contributed by atoms with E-state index in [0.717, 1.165) is 13.2 Å². The number of nitrogens with zero attached hydrogens (tertiary/aromatic N) is 1. The summed E-state index contributed by atoms with van der Waals surface area (Å²) >= 11 is 0. The van der Waals surface area contributed by atoms with Gasteiger partial charge in [0.2, 0.25) is 5.88 Å². The number of alkyl halides is 3. The highest BCUT2D eigenvalue weighted by atomic mass is 19.4. The lowest BCUT2D eigenvalue weighted by Crippen LogP contribution is -2.13. The Hall–Kier alpha value is -2.49. The van der Waals surface area contributed by atoms with Gasteiger partial charge in [-0.25, -0.2) is 9.78 Å². The highest BCUT2D eigenvalue weighted by molar-refractivity contribution is 5.91. The number of esters is 1. The molecule has 1 aromatic heterocycles. The molecule has 0 N–H and O–H groups in total. The topological polar surface area (TPSA) is 48.4 Å². The number of halogens is 3. The second kappa shape index (κ2) is 5.48. The molecule has 0 amide bonds. The molecule has 1 aliphatic carbocycles. The van der Waals surface area contributed by atoms with Crippen LogP contribution in [0.2, 0.25) is 0 Å². The zero-order valence-corrected chi connectivity index (χ0v) is 11.1. The number of rotatable bonds is 3. The van der Waals surface area contributed by atoms with E-state index < -0.39 is 29.5 Å². The van der Waals surface area contributed by atoms with E-state index in [1.54, 1.807) is 0 Å². The largest absolute Gasteiger partial charge is 0.481 e. The van der Waals surface area contributed by atoms with E-state index in [0.29, 0.717) is 0 Å². The van der Waals surface area contributed by atoms with Crippen molar-refractivity contribution in [3.63, 3.8) is 0 Å². The lowest BCUT2D eigenvalue weighted by Gasteiger charge is -2.15. The van der Waals surface area contributed by atoms with E-state index in [4.69, 9.17) is 0 Å². The predicted octanol–water partition coefficient (Wildman–Crippen LogP) is 2.62. The normalized spacial score (nSPS) is 16.8. The number of carbonyl (C=O) groups is 1. The van der Waals surface area contributed by atoms with Crippen molar-refractivity contribution >= 4 is 5.97 Å². The molecule has 0 aromatic carbocycles. The zero-order valence-electron chi connectivity index (χ0n) is 11.1. The van der Waals surface area contributed by atoms with E-state index in [-0.39, 0.29) is 11.1 Å². The highest BCUT2D eigenvalue weighted by Crippen LogP contribution is 2.38. The molecule has 0 saturated carbocycles. The smallest absolute Gasteiger partial charge is 0.421 e. The lowest BCUT2D eigenvalue weighted by atomic mass is 9.94. The van der Waals surface area contributed by atoms with Gasteiger partial charge in [0.15, 0.2) is 0 Å². The van der Waals surface area contributed by atoms with E-state index in [9.17, 15) is 18.0 Å².